The van der Waals surface area contributed by atoms with Gasteiger partial charge in [-0.15, -0.1) is 12.4 Å². The fourth-order valence-electron chi connectivity index (χ4n) is 1.67. The number of hydrogen-bond donors (Lipinski definition) is 1. The first-order valence-corrected chi connectivity index (χ1v) is 3.25. The third-order valence-electron chi connectivity index (χ3n) is 2.26. The van der Waals surface area contributed by atoms with Gasteiger partial charge in [-0.1, -0.05) is 0 Å². The van der Waals surface area contributed by atoms with Crippen molar-refractivity contribution in [1.82, 2.24) is 0 Å². The van der Waals surface area contributed by atoms with Gasteiger partial charge >= 0.3 is 0 Å². The maximum atomic E-state index is 5.64. The highest BCUT2D eigenvalue weighted by molar-refractivity contribution is 5.85. The molecule has 1 aliphatic heterocycles. The van der Waals surface area contributed by atoms with E-state index in [1.54, 1.807) is 0 Å². The molecule has 54 valence electrons. The van der Waals surface area contributed by atoms with Gasteiger partial charge in [0.1, 0.15) is 0 Å². The molecular formula is C6H12ClNO. The second-order valence-electron chi connectivity index (χ2n) is 2.78. The van der Waals surface area contributed by atoms with E-state index in [2.05, 4.69) is 0 Å². The van der Waals surface area contributed by atoms with Gasteiger partial charge in [-0.3, -0.25) is 0 Å². The van der Waals surface area contributed by atoms with Crippen LogP contribution < -0.4 is 5.73 Å². The number of ether oxygens (including phenoxy) is 1. The Morgan fingerprint density at radius 3 is 2.67 bits per heavy atom. The standard InChI is InChI=1S/C6H11NO.ClH/c7-5-3-4-1-2-8-6(4)5;/h4-6H,1-3,7H2;1H/t4-,5+,6-;/m0./s1. The Balaban J connectivity index is 0.000000405. The van der Waals surface area contributed by atoms with Crippen molar-refractivity contribution < 1.29 is 4.74 Å². The fourth-order valence-corrected chi connectivity index (χ4v) is 1.67. The topological polar surface area (TPSA) is 35.2 Å². The number of fused-ring (bicyclic) bond motifs is 1. The fraction of sp³-hybridized carbons (Fsp3) is 1.00. The molecule has 2 fully saturated rings. The lowest BCUT2D eigenvalue weighted by atomic mass is 9.78. The Labute approximate surface area is 61.2 Å². The molecule has 0 aromatic carbocycles. The van der Waals surface area contributed by atoms with E-state index in [4.69, 9.17) is 10.5 Å². The molecule has 2 nitrogen and oxygen atoms in total. The molecule has 1 heterocycles. The monoisotopic (exact) mass is 149 g/mol. The van der Waals surface area contributed by atoms with E-state index in [0.29, 0.717) is 12.1 Å². The predicted molar refractivity (Wildman–Crippen MR) is 37.7 cm³/mol. The van der Waals surface area contributed by atoms with E-state index in [1.165, 1.54) is 12.8 Å². The molecular weight excluding hydrogens is 138 g/mol. The molecule has 2 N–H and O–H groups in total. The Morgan fingerprint density at radius 2 is 2.22 bits per heavy atom. The largest absolute Gasteiger partial charge is 0.376 e. The normalized spacial score (nSPS) is 47.0. The molecule has 0 spiro atoms. The van der Waals surface area contributed by atoms with Gasteiger partial charge in [0.25, 0.3) is 0 Å². The van der Waals surface area contributed by atoms with Crippen LogP contribution in [0.4, 0.5) is 0 Å². The maximum Gasteiger partial charge on any atom is 0.0755 e. The summed E-state index contributed by atoms with van der Waals surface area (Å²) >= 11 is 0. The molecule has 0 unspecified atom stereocenters. The van der Waals surface area contributed by atoms with Gasteiger partial charge in [0.15, 0.2) is 0 Å². The van der Waals surface area contributed by atoms with Gasteiger partial charge in [0.2, 0.25) is 0 Å². The number of halogens is 1. The summed E-state index contributed by atoms with van der Waals surface area (Å²) in [5.74, 6) is 0.824. The van der Waals surface area contributed by atoms with Gasteiger partial charge < -0.3 is 10.5 Å². The highest BCUT2D eigenvalue weighted by Gasteiger charge is 2.42. The molecule has 0 bridgehead atoms. The number of rotatable bonds is 0. The van der Waals surface area contributed by atoms with Crippen molar-refractivity contribution in [2.75, 3.05) is 6.61 Å². The quantitative estimate of drug-likeness (QED) is 0.546. The predicted octanol–water partition coefficient (Wildman–Crippen LogP) is 0.544. The van der Waals surface area contributed by atoms with Gasteiger partial charge in [-0.05, 0) is 18.8 Å². The van der Waals surface area contributed by atoms with Crippen molar-refractivity contribution in [2.45, 2.75) is 25.0 Å². The summed E-state index contributed by atoms with van der Waals surface area (Å²) < 4.78 is 5.34. The molecule has 1 aliphatic carbocycles. The van der Waals surface area contributed by atoms with Crippen LogP contribution in [0.5, 0.6) is 0 Å². The van der Waals surface area contributed by atoms with Crippen LogP contribution in [-0.2, 0) is 4.74 Å². The summed E-state index contributed by atoms with van der Waals surface area (Å²) in [6, 6.07) is 0.363. The first-order valence-electron chi connectivity index (χ1n) is 3.25. The van der Waals surface area contributed by atoms with E-state index in [-0.39, 0.29) is 12.4 Å². The van der Waals surface area contributed by atoms with Crippen LogP contribution in [0, 0.1) is 5.92 Å². The summed E-state index contributed by atoms with van der Waals surface area (Å²) in [6.07, 6.45) is 2.89. The Bertz CT molecular complexity index is 109. The first kappa shape index (κ1) is 7.32. The van der Waals surface area contributed by atoms with Crippen molar-refractivity contribution >= 4 is 12.4 Å². The number of nitrogens with two attached hydrogens (primary N) is 1. The van der Waals surface area contributed by atoms with E-state index < -0.39 is 0 Å². The zero-order valence-corrected chi connectivity index (χ0v) is 6.06. The van der Waals surface area contributed by atoms with Crippen molar-refractivity contribution in [1.29, 1.82) is 0 Å². The molecule has 0 aromatic rings. The minimum atomic E-state index is 0. The molecule has 3 atom stereocenters. The average Bonchev–Trinajstić information content (AvgIpc) is 2.09. The Hall–Kier alpha value is 0.210. The van der Waals surface area contributed by atoms with Crippen LogP contribution >= 0.6 is 12.4 Å². The third kappa shape index (κ3) is 0.955. The Kier molecular flexibility index (Phi) is 1.99. The molecule has 0 amide bonds. The Morgan fingerprint density at radius 1 is 1.44 bits per heavy atom. The lowest BCUT2D eigenvalue weighted by molar-refractivity contribution is 0.0133. The van der Waals surface area contributed by atoms with Gasteiger partial charge in [0.05, 0.1) is 6.10 Å². The van der Waals surface area contributed by atoms with Gasteiger partial charge in [0, 0.05) is 12.6 Å². The number of hydrogen-bond acceptors (Lipinski definition) is 2. The summed E-state index contributed by atoms with van der Waals surface area (Å²) in [5.41, 5.74) is 5.64. The van der Waals surface area contributed by atoms with Crippen molar-refractivity contribution in [3.05, 3.63) is 0 Å². The second-order valence-corrected chi connectivity index (χ2v) is 2.78. The van der Waals surface area contributed by atoms with Crippen LogP contribution in [-0.4, -0.2) is 18.8 Å². The lowest BCUT2D eigenvalue weighted by Crippen LogP contribution is -2.49. The zero-order valence-electron chi connectivity index (χ0n) is 5.25. The molecule has 3 heteroatoms. The molecule has 1 saturated carbocycles. The smallest absolute Gasteiger partial charge is 0.0755 e. The summed E-state index contributed by atoms with van der Waals surface area (Å²) in [7, 11) is 0. The van der Waals surface area contributed by atoms with Crippen LogP contribution in [0.15, 0.2) is 0 Å². The third-order valence-corrected chi connectivity index (χ3v) is 2.26. The summed E-state index contributed by atoms with van der Waals surface area (Å²) in [4.78, 5) is 0. The lowest BCUT2D eigenvalue weighted by Gasteiger charge is -2.35. The van der Waals surface area contributed by atoms with Gasteiger partial charge in [-0.25, -0.2) is 0 Å². The van der Waals surface area contributed by atoms with Crippen molar-refractivity contribution in [3.63, 3.8) is 0 Å². The van der Waals surface area contributed by atoms with Crippen molar-refractivity contribution in [2.24, 2.45) is 11.7 Å². The highest BCUT2D eigenvalue weighted by Crippen LogP contribution is 2.36. The molecule has 0 radical (unpaired) electrons. The maximum absolute atomic E-state index is 5.64. The van der Waals surface area contributed by atoms with Crippen LogP contribution in [0.1, 0.15) is 12.8 Å². The van der Waals surface area contributed by atoms with Crippen LogP contribution in [0.2, 0.25) is 0 Å². The molecule has 2 aliphatic rings. The minimum Gasteiger partial charge on any atom is -0.376 e. The van der Waals surface area contributed by atoms with Gasteiger partial charge in [-0.2, -0.15) is 0 Å². The first-order chi connectivity index (χ1) is 3.88. The highest BCUT2D eigenvalue weighted by atomic mass is 35.5. The SMILES string of the molecule is Cl.N[C@@H]1C[C@@H]2CCO[C@@H]21. The molecule has 0 aromatic heterocycles. The van der Waals surface area contributed by atoms with E-state index in [0.717, 1.165) is 12.5 Å². The zero-order chi connectivity index (χ0) is 5.56. The summed E-state index contributed by atoms with van der Waals surface area (Å²) in [6.45, 7) is 0.947. The average molecular weight is 150 g/mol. The van der Waals surface area contributed by atoms with Crippen molar-refractivity contribution in [3.8, 4) is 0 Å². The summed E-state index contributed by atoms with van der Waals surface area (Å²) in [5, 5.41) is 0. The molecule has 2 rings (SSSR count). The minimum absolute atomic E-state index is 0. The van der Waals surface area contributed by atoms with E-state index in [1.807, 2.05) is 0 Å². The van der Waals surface area contributed by atoms with Crippen LogP contribution in [0.3, 0.4) is 0 Å². The van der Waals surface area contributed by atoms with E-state index >= 15 is 0 Å². The molecule has 1 saturated heterocycles. The van der Waals surface area contributed by atoms with E-state index in [9.17, 15) is 0 Å². The molecule has 9 heavy (non-hydrogen) atoms. The van der Waals surface area contributed by atoms with Crippen LogP contribution in [0.25, 0.3) is 0 Å². The second kappa shape index (κ2) is 2.45.